The van der Waals surface area contributed by atoms with E-state index >= 15 is 4.39 Å². The van der Waals surface area contributed by atoms with Crippen LogP contribution in [0.1, 0.15) is 52.8 Å². The van der Waals surface area contributed by atoms with E-state index < -0.39 is 23.4 Å². The number of nitrogens with zero attached hydrogens (tertiary/aromatic N) is 3. The molecule has 0 unspecified atom stereocenters. The van der Waals surface area contributed by atoms with Gasteiger partial charge in [-0.15, -0.1) is 0 Å². The Morgan fingerprint density at radius 3 is 2.50 bits per heavy atom. The van der Waals surface area contributed by atoms with E-state index in [0.717, 1.165) is 17.7 Å². The van der Waals surface area contributed by atoms with E-state index in [1.54, 1.807) is 6.07 Å². The average molecular weight is 671 g/mol. The van der Waals surface area contributed by atoms with Crippen molar-refractivity contribution in [3.63, 3.8) is 0 Å². The van der Waals surface area contributed by atoms with Crippen LogP contribution in [0, 0.1) is 29.8 Å². The third-order valence-electron chi connectivity index (χ3n) is 8.24. The smallest absolute Gasteiger partial charge is 0.335 e. The molecule has 1 N–H and O–H groups in total. The van der Waals surface area contributed by atoms with Gasteiger partial charge in [0.15, 0.2) is 11.6 Å². The number of aromatic nitrogens is 3. The van der Waals surface area contributed by atoms with Crippen LogP contribution in [0.3, 0.4) is 0 Å². The summed E-state index contributed by atoms with van der Waals surface area (Å²) in [6.45, 7) is 6.47. The van der Waals surface area contributed by atoms with Gasteiger partial charge in [0, 0.05) is 33.0 Å². The van der Waals surface area contributed by atoms with Crippen LogP contribution in [0.2, 0.25) is 10.0 Å². The lowest BCUT2D eigenvalue weighted by Gasteiger charge is -2.28. The van der Waals surface area contributed by atoms with Gasteiger partial charge in [0.05, 0.1) is 36.0 Å². The second kappa shape index (κ2) is 12.2. The molecule has 12 heteroatoms. The molecule has 0 bridgehead atoms. The Balaban J connectivity index is 1.35. The van der Waals surface area contributed by atoms with Gasteiger partial charge < -0.3 is 19.1 Å². The molecule has 0 radical (unpaired) electrons. The van der Waals surface area contributed by atoms with Gasteiger partial charge in [-0.25, -0.2) is 27.9 Å². The van der Waals surface area contributed by atoms with E-state index in [4.69, 9.17) is 32.7 Å². The van der Waals surface area contributed by atoms with E-state index in [1.807, 2.05) is 31.4 Å². The van der Waals surface area contributed by atoms with Crippen molar-refractivity contribution in [2.75, 3.05) is 13.2 Å². The molecule has 0 saturated carbocycles. The molecule has 0 spiro atoms. The van der Waals surface area contributed by atoms with Crippen molar-refractivity contribution in [1.82, 2.24) is 14.5 Å². The maximum Gasteiger partial charge on any atom is 0.335 e. The molecular formula is C34H28Cl2F3N3O4. The number of imidazole rings is 1. The minimum absolute atomic E-state index is 0.0636. The second-order valence-electron chi connectivity index (χ2n) is 12.0. The highest BCUT2D eigenvalue weighted by molar-refractivity contribution is 6.31. The quantitative estimate of drug-likeness (QED) is 0.178. The summed E-state index contributed by atoms with van der Waals surface area (Å²) in [6.07, 6.45) is 0.209. The van der Waals surface area contributed by atoms with E-state index in [2.05, 4.69) is 9.97 Å². The van der Waals surface area contributed by atoms with Gasteiger partial charge in [-0.05, 0) is 60.5 Å². The van der Waals surface area contributed by atoms with E-state index in [-0.39, 0.29) is 52.0 Å². The van der Waals surface area contributed by atoms with Crippen LogP contribution in [0.4, 0.5) is 13.2 Å². The number of hydrogen-bond donors (Lipinski definition) is 1. The van der Waals surface area contributed by atoms with Crippen molar-refractivity contribution >= 4 is 40.2 Å². The zero-order valence-electron chi connectivity index (χ0n) is 25.0. The van der Waals surface area contributed by atoms with Crippen LogP contribution >= 0.6 is 23.2 Å². The number of carbonyl (C=O) groups is 1. The van der Waals surface area contributed by atoms with Gasteiger partial charge in [-0.3, -0.25) is 0 Å². The molecule has 1 fully saturated rings. The third kappa shape index (κ3) is 6.04. The van der Waals surface area contributed by atoms with Gasteiger partial charge in [0.25, 0.3) is 5.88 Å². The van der Waals surface area contributed by atoms with Crippen molar-refractivity contribution in [1.29, 1.82) is 0 Å². The first-order chi connectivity index (χ1) is 21.8. The monoisotopic (exact) mass is 669 g/mol. The summed E-state index contributed by atoms with van der Waals surface area (Å²) < 4.78 is 57.2. The van der Waals surface area contributed by atoms with Gasteiger partial charge >= 0.3 is 5.97 Å². The van der Waals surface area contributed by atoms with Crippen LogP contribution in [0.15, 0.2) is 54.6 Å². The standard InChI is InChI=1S/C34H28Cl2F3N3O4/c1-17-8-19(11-30-41-31-26(39)9-20(33(43)44)10-28(31)42(30)29-15-45-16-34(29,2)3)23(36)13-22(17)27-7-6-24(37)32(40-27)46-14-18-4-5-21(35)12-25(18)38/h4-10,12-13,29H,11,14-16H2,1-3H3,(H,43,44)/t29-/m1/s1. The summed E-state index contributed by atoms with van der Waals surface area (Å²) in [4.78, 5) is 20.7. The first-order valence-corrected chi connectivity index (χ1v) is 15.1. The van der Waals surface area contributed by atoms with E-state index in [0.29, 0.717) is 46.4 Å². The maximum atomic E-state index is 15.2. The number of halogens is 5. The molecule has 5 aromatic rings. The van der Waals surface area contributed by atoms with Gasteiger partial charge in [-0.1, -0.05) is 49.2 Å². The fraction of sp³-hybridized carbons (Fsp3) is 0.265. The topological polar surface area (TPSA) is 86.5 Å². The number of benzene rings is 3. The molecule has 7 nitrogen and oxygen atoms in total. The highest BCUT2D eigenvalue weighted by Crippen LogP contribution is 2.41. The number of rotatable bonds is 8. The number of ether oxygens (including phenoxy) is 2. The van der Waals surface area contributed by atoms with Gasteiger partial charge in [0.1, 0.15) is 23.8 Å². The predicted octanol–water partition coefficient (Wildman–Crippen LogP) is 8.60. The predicted molar refractivity (Wildman–Crippen MR) is 168 cm³/mol. The summed E-state index contributed by atoms with van der Waals surface area (Å²) >= 11 is 12.6. The Hall–Kier alpha value is -4.12. The van der Waals surface area contributed by atoms with Crippen molar-refractivity contribution in [3.05, 3.63) is 110 Å². The largest absolute Gasteiger partial charge is 0.478 e. The van der Waals surface area contributed by atoms with Crippen molar-refractivity contribution in [2.24, 2.45) is 5.41 Å². The van der Waals surface area contributed by atoms with Gasteiger partial charge in [0.2, 0.25) is 0 Å². The van der Waals surface area contributed by atoms with Crippen LogP contribution in [-0.4, -0.2) is 38.8 Å². The Bertz CT molecular complexity index is 2010. The Morgan fingerprint density at radius 2 is 1.80 bits per heavy atom. The lowest BCUT2D eigenvalue weighted by molar-refractivity contribution is 0.0696. The number of aromatic carboxylic acids is 1. The lowest BCUT2D eigenvalue weighted by atomic mass is 9.87. The Labute approximate surface area is 272 Å². The molecule has 0 amide bonds. The molecule has 3 heterocycles. The number of carboxylic acid groups (broad SMARTS) is 1. The summed E-state index contributed by atoms with van der Waals surface area (Å²) in [5.41, 5.74) is 2.56. The second-order valence-corrected chi connectivity index (χ2v) is 12.8. The van der Waals surface area contributed by atoms with Crippen molar-refractivity contribution in [2.45, 2.75) is 39.8 Å². The van der Waals surface area contributed by atoms with Crippen LogP contribution in [-0.2, 0) is 17.8 Å². The SMILES string of the molecule is Cc1cc(Cc2nc3c(F)cc(C(=O)O)cc3n2[C@@H]2COCC2(C)C)c(Cl)cc1-c1ccc(F)c(OCc2ccc(Cl)cc2F)n1. The molecule has 1 atom stereocenters. The normalized spacial score (nSPS) is 15.9. The molecule has 6 rings (SSSR count). The summed E-state index contributed by atoms with van der Waals surface area (Å²) in [7, 11) is 0. The maximum absolute atomic E-state index is 15.2. The average Bonchev–Trinajstić information content (AvgIpc) is 3.53. The number of carboxylic acids is 1. The molecule has 3 aromatic carbocycles. The first-order valence-electron chi connectivity index (χ1n) is 14.4. The van der Waals surface area contributed by atoms with Crippen LogP contribution < -0.4 is 4.74 Å². The molecule has 1 saturated heterocycles. The fourth-order valence-electron chi connectivity index (χ4n) is 5.76. The summed E-state index contributed by atoms with van der Waals surface area (Å²) in [5.74, 6) is -3.07. The number of aryl methyl sites for hydroxylation is 1. The number of fused-ring (bicyclic) bond motifs is 1. The first kappa shape index (κ1) is 31.8. The molecule has 1 aliphatic heterocycles. The molecule has 238 valence electrons. The van der Waals surface area contributed by atoms with Gasteiger partial charge in [-0.2, -0.15) is 0 Å². The highest BCUT2D eigenvalue weighted by atomic mass is 35.5. The summed E-state index contributed by atoms with van der Waals surface area (Å²) in [5, 5.41) is 10.2. The Morgan fingerprint density at radius 1 is 1.02 bits per heavy atom. The molecule has 0 aliphatic carbocycles. The molecule has 46 heavy (non-hydrogen) atoms. The zero-order chi connectivity index (χ0) is 32.9. The van der Waals surface area contributed by atoms with Crippen LogP contribution in [0.25, 0.3) is 22.3 Å². The number of pyridine rings is 1. The minimum atomic E-state index is -1.24. The molecular weight excluding hydrogens is 642 g/mol. The highest BCUT2D eigenvalue weighted by Gasteiger charge is 2.39. The fourth-order valence-corrected chi connectivity index (χ4v) is 6.15. The summed E-state index contributed by atoms with van der Waals surface area (Å²) in [6, 6.07) is 12.5. The van der Waals surface area contributed by atoms with Crippen LogP contribution in [0.5, 0.6) is 5.88 Å². The molecule has 1 aliphatic rings. The van der Waals surface area contributed by atoms with E-state index in [1.165, 1.54) is 30.3 Å². The lowest BCUT2D eigenvalue weighted by Crippen LogP contribution is -2.27. The Kier molecular flexibility index (Phi) is 8.47. The van der Waals surface area contributed by atoms with Crippen molar-refractivity contribution < 1.29 is 32.5 Å². The zero-order valence-corrected chi connectivity index (χ0v) is 26.5. The van der Waals surface area contributed by atoms with E-state index in [9.17, 15) is 18.7 Å². The molecule has 2 aromatic heterocycles. The number of hydrogen-bond acceptors (Lipinski definition) is 5. The third-order valence-corrected chi connectivity index (χ3v) is 8.83. The minimum Gasteiger partial charge on any atom is -0.478 e. The van der Waals surface area contributed by atoms with Crippen molar-refractivity contribution in [3.8, 4) is 17.1 Å².